The summed E-state index contributed by atoms with van der Waals surface area (Å²) in [5, 5.41) is 13.4. The second-order valence-corrected chi connectivity index (χ2v) is 5.26. The molecular formula is C15H16N4O3. The maximum absolute atomic E-state index is 12.4. The van der Waals surface area contributed by atoms with Gasteiger partial charge in [-0.25, -0.2) is 9.78 Å². The van der Waals surface area contributed by atoms with Crippen molar-refractivity contribution in [1.82, 2.24) is 19.7 Å². The molecule has 2 aromatic rings. The number of aliphatic carboxylic acids is 1. The minimum absolute atomic E-state index is 0.183. The van der Waals surface area contributed by atoms with Crippen molar-refractivity contribution in [3.63, 3.8) is 0 Å². The molecule has 1 N–H and O–H groups in total. The summed E-state index contributed by atoms with van der Waals surface area (Å²) >= 11 is 0. The zero-order valence-corrected chi connectivity index (χ0v) is 11.9. The van der Waals surface area contributed by atoms with Crippen LogP contribution in [0, 0.1) is 0 Å². The van der Waals surface area contributed by atoms with Gasteiger partial charge in [-0.2, -0.15) is 5.10 Å². The Morgan fingerprint density at radius 3 is 2.73 bits per heavy atom. The summed E-state index contributed by atoms with van der Waals surface area (Å²) in [7, 11) is 0. The van der Waals surface area contributed by atoms with Crippen LogP contribution >= 0.6 is 0 Å². The maximum Gasteiger partial charge on any atom is 0.326 e. The summed E-state index contributed by atoms with van der Waals surface area (Å²) < 4.78 is 1.56. The molecule has 0 saturated heterocycles. The van der Waals surface area contributed by atoms with Crippen molar-refractivity contribution in [3.05, 3.63) is 48.0 Å². The van der Waals surface area contributed by atoms with Crippen LogP contribution in [0.5, 0.6) is 0 Å². The van der Waals surface area contributed by atoms with Gasteiger partial charge in [0, 0.05) is 19.4 Å². The number of aryl methyl sites for hydroxylation is 1. The highest BCUT2D eigenvalue weighted by molar-refractivity contribution is 5.84. The summed E-state index contributed by atoms with van der Waals surface area (Å²) in [5.41, 5.74) is 2.00. The van der Waals surface area contributed by atoms with Crippen LogP contribution in [0.1, 0.15) is 17.5 Å². The van der Waals surface area contributed by atoms with E-state index in [1.807, 2.05) is 24.3 Å². The van der Waals surface area contributed by atoms with E-state index in [9.17, 15) is 14.7 Å². The van der Waals surface area contributed by atoms with Crippen molar-refractivity contribution in [2.45, 2.75) is 32.0 Å². The number of carboxylic acid groups (broad SMARTS) is 1. The molecule has 1 aromatic heterocycles. The Kier molecular flexibility index (Phi) is 3.86. The number of carboxylic acids is 1. The Bertz CT molecular complexity index is 684. The lowest BCUT2D eigenvalue weighted by molar-refractivity contribution is -0.151. The monoisotopic (exact) mass is 300 g/mol. The largest absolute Gasteiger partial charge is 0.480 e. The summed E-state index contributed by atoms with van der Waals surface area (Å²) in [6.45, 7) is 0.729. The topological polar surface area (TPSA) is 88.3 Å². The first-order valence-electron chi connectivity index (χ1n) is 7.06. The molecule has 1 aliphatic rings. The SMILES string of the molecule is O=C(O)[C@@H]1Cc2ccccc2CN1C(=O)CCn1cncn1. The van der Waals surface area contributed by atoms with Crippen LogP contribution in [0.25, 0.3) is 0 Å². The highest BCUT2D eigenvalue weighted by atomic mass is 16.4. The summed E-state index contributed by atoms with van der Waals surface area (Å²) in [6, 6.07) is 6.84. The van der Waals surface area contributed by atoms with Crippen LogP contribution in [0.2, 0.25) is 0 Å². The number of carbonyl (C=O) groups excluding carboxylic acids is 1. The smallest absolute Gasteiger partial charge is 0.326 e. The highest BCUT2D eigenvalue weighted by Gasteiger charge is 2.34. The van der Waals surface area contributed by atoms with E-state index < -0.39 is 12.0 Å². The average molecular weight is 300 g/mol. The van der Waals surface area contributed by atoms with Crippen molar-refractivity contribution in [2.24, 2.45) is 0 Å². The molecule has 3 rings (SSSR count). The fourth-order valence-corrected chi connectivity index (χ4v) is 2.71. The van der Waals surface area contributed by atoms with Crippen molar-refractivity contribution in [1.29, 1.82) is 0 Å². The molecule has 114 valence electrons. The molecule has 1 amide bonds. The Morgan fingerprint density at radius 2 is 2.05 bits per heavy atom. The zero-order valence-electron chi connectivity index (χ0n) is 11.9. The molecule has 7 heteroatoms. The Labute approximate surface area is 127 Å². The first-order chi connectivity index (χ1) is 10.6. The Hall–Kier alpha value is -2.70. The molecule has 1 aromatic carbocycles. The van der Waals surface area contributed by atoms with Gasteiger partial charge in [0.25, 0.3) is 0 Å². The number of amides is 1. The lowest BCUT2D eigenvalue weighted by Crippen LogP contribution is -2.48. The molecule has 0 saturated carbocycles. The van der Waals surface area contributed by atoms with E-state index in [1.165, 1.54) is 17.6 Å². The van der Waals surface area contributed by atoms with Crippen LogP contribution < -0.4 is 0 Å². The number of hydrogen-bond acceptors (Lipinski definition) is 4. The standard InChI is InChI=1S/C15H16N4O3/c20-14(5-6-18-10-16-9-17-18)19-8-12-4-2-1-3-11(12)7-13(19)15(21)22/h1-4,9-10,13H,5-8H2,(H,21,22)/t13-/m0/s1. The molecule has 0 aliphatic carbocycles. The molecular weight excluding hydrogens is 284 g/mol. The third-order valence-electron chi connectivity index (χ3n) is 3.88. The predicted molar refractivity (Wildman–Crippen MR) is 76.8 cm³/mol. The lowest BCUT2D eigenvalue weighted by Gasteiger charge is -2.34. The highest BCUT2D eigenvalue weighted by Crippen LogP contribution is 2.24. The van der Waals surface area contributed by atoms with E-state index in [4.69, 9.17) is 0 Å². The normalized spacial score (nSPS) is 17.1. The molecule has 2 heterocycles. The summed E-state index contributed by atoms with van der Waals surface area (Å²) in [4.78, 5) is 29.2. The van der Waals surface area contributed by atoms with Gasteiger partial charge in [0.2, 0.25) is 5.91 Å². The van der Waals surface area contributed by atoms with Crippen molar-refractivity contribution < 1.29 is 14.7 Å². The van der Waals surface area contributed by atoms with Crippen LogP contribution in [-0.4, -0.2) is 42.7 Å². The van der Waals surface area contributed by atoms with Crippen molar-refractivity contribution in [3.8, 4) is 0 Å². The van der Waals surface area contributed by atoms with Gasteiger partial charge in [-0.15, -0.1) is 0 Å². The summed E-state index contributed by atoms with van der Waals surface area (Å²) in [6.07, 6.45) is 3.49. The summed E-state index contributed by atoms with van der Waals surface area (Å²) in [5.74, 6) is -1.15. The zero-order chi connectivity index (χ0) is 15.5. The molecule has 1 aliphatic heterocycles. The molecule has 0 unspecified atom stereocenters. The van der Waals surface area contributed by atoms with Gasteiger partial charge in [0.1, 0.15) is 18.7 Å². The van der Waals surface area contributed by atoms with E-state index in [1.54, 1.807) is 4.68 Å². The van der Waals surface area contributed by atoms with E-state index >= 15 is 0 Å². The molecule has 22 heavy (non-hydrogen) atoms. The third kappa shape index (κ3) is 2.83. The molecule has 0 spiro atoms. The van der Waals surface area contributed by atoms with E-state index in [0.717, 1.165) is 11.1 Å². The van der Waals surface area contributed by atoms with Crippen molar-refractivity contribution in [2.75, 3.05) is 0 Å². The van der Waals surface area contributed by atoms with Crippen LogP contribution in [-0.2, 0) is 29.1 Å². The second kappa shape index (κ2) is 5.97. The van der Waals surface area contributed by atoms with Gasteiger partial charge in [-0.3, -0.25) is 9.48 Å². The first-order valence-corrected chi connectivity index (χ1v) is 7.06. The average Bonchev–Trinajstić information content (AvgIpc) is 3.04. The van der Waals surface area contributed by atoms with E-state index in [0.29, 0.717) is 19.5 Å². The number of rotatable bonds is 4. The van der Waals surface area contributed by atoms with Crippen LogP contribution in [0.4, 0.5) is 0 Å². The minimum atomic E-state index is -0.969. The number of fused-ring (bicyclic) bond motifs is 1. The molecule has 0 fully saturated rings. The van der Waals surface area contributed by atoms with Gasteiger partial charge in [0.15, 0.2) is 0 Å². The number of benzene rings is 1. The fraction of sp³-hybridized carbons (Fsp3) is 0.333. The lowest BCUT2D eigenvalue weighted by atomic mass is 9.93. The minimum Gasteiger partial charge on any atom is -0.480 e. The van der Waals surface area contributed by atoms with Crippen LogP contribution in [0.15, 0.2) is 36.9 Å². The Balaban J connectivity index is 1.75. The second-order valence-electron chi connectivity index (χ2n) is 5.26. The third-order valence-corrected chi connectivity index (χ3v) is 3.88. The van der Waals surface area contributed by atoms with Gasteiger partial charge in [0.05, 0.1) is 6.54 Å². The van der Waals surface area contributed by atoms with Crippen molar-refractivity contribution >= 4 is 11.9 Å². The molecule has 0 radical (unpaired) electrons. The van der Waals surface area contributed by atoms with Gasteiger partial charge >= 0.3 is 5.97 Å². The number of hydrogen-bond donors (Lipinski definition) is 1. The van der Waals surface area contributed by atoms with Gasteiger partial charge in [-0.05, 0) is 11.1 Å². The molecule has 1 atom stereocenters. The predicted octanol–water partition coefficient (Wildman–Crippen LogP) is 0.706. The quantitative estimate of drug-likeness (QED) is 0.898. The van der Waals surface area contributed by atoms with Gasteiger partial charge < -0.3 is 10.0 Å². The molecule has 7 nitrogen and oxygen atoms in total. The van der Waals surface area contributed by atoms with E-state index in [-0.39, 0.29) is 12.3 Å². The first kappa shape index (κ1) is 14.2. The number of nitrogens with zero attached hydrogens (tertiary/aromatic N) is 4. The maximum atomic E-state index is 12.4. The molecule has 0 bridgehead atoms. The Morgan fingerprint density at radius 1 is 1.27 bits per heavy atom. The number of aromatic nitrogens is 3. The van der Waals surface area contributed by atoms with Gasteiger partial charge in [-0.1, -0.05) is 24.3 Å². The van der Waals surface area contributed by atoms with Crippen LogP contribution in [0.3, 0.4) is 0 Å². The fourth-order valence-electron chi connectivity index (χ4n) is 2.71. The van der Waals surface area contributed by atoms with E-state index in [2.05, 4.69) is 10.1 Å². The number of carbonyl (C=O) groups is 2.